The third-order valence-corrected chi connectivity index (χ3v) is 5.75. The molecule has 2 aliphatic rings. The Morgan fingerprint density at radius 2 is 1.77 bits per heavy atom. The molecule has 2 aliphatic heterocycles. The molecule has 31 heavy (non-hydrogen) atoms. The smallest absolute Gasteiger partial charge is 0.429 e. The lowest BCUT2D eigenvalue weighted by atomic mass is 10.0. The van der Waals surface area contributed by atoms with E-state index in [0.717, 1.165) is 6.07 Å². The second-order valence-electron chi connectivity index (χ2n) is 8.64. The first-order valence-electron chi connectivity index (χ1n) is 10.0. The van der Waals surface area contributed by atoms with Crippen LogP contribution in [0.25, 0.3) is 0 Å². The van der Waals surface area contributed by atoms with Crippen LogP contribution in [0.1, 0.15) is 35.7 Å². The molecule has 2 atom stereocenters. The molecule has 2 aromatic rings. The van der Waals surface area contributed by atoms with Gasteiger partial charge in [0.1, 0.15) is 22.8 Å². The van der Waals surface area contributed by atoms with Crippen molar-refractivity contribution in [3.63, 3.8) is 0 Å². The molecule has 7 nitrogen and oxygen atoms in total. The summed E-state index contributed by atoms with van der Waals surface area (Å²) in [7, 11) is 0. The summed E-state index contributed by atoms with van der Waals surface area (Å²) < 4.78 is 47.8. The Morgan fingerprint density at radius 1 is 1.16 bits per heavy atom. The fourth-order valence-electron chi connectivity index (χ4n) is 4.43. The normalized spacial score (nSPS) is 21.5. The minimum absolute atomic E-state index is 0.102. The van der Waals surface area contributed by atoms with Crippen LogP contribution < -0.4 is 9.64 Å². The molecular formula is C21H24F3N3O4. The van der Waals surface area contributed by atoms with E-state index in [-0.39, 0.29) is 17.4 Å². The third kappa shape index (κ3) is 4.34. The number of hydrogen-bond donors (Lipinski definition) is 1. The van der Waals surface area contributed by atoms with Gasteiger partial charge in [-0.2, -0.15) is 4.98 Å². The average molecular weight is 439 g/mol. The van der Waals surface area contributed by atoms with Crippen molar-refractivity contribution in [2.45, 2.75) is 32.7 Å². The zero-order valence-electron chi connectivity index (χ0n) is 17.4. The summed E-state index contributed by atoms with van der Waals surface area (Å²) in [5.41, 5.74) is -0.733. The van der Waals surface area contributed by atoms with Crippen molar-refractivity contribution in [3.8, 4) is 5.75 Å². The molecule has 2 fully saturated rings. The molecule has 1 aromatic carbocycles. The number of oxazole rings is 1. The number of carbonyl (C=O) groups excluding carboxylic acids is 1. The van der Waals surface area contributed by atoms with E-state index in [0.29, 0.717) is 43.6 Å². The number of fused-ring (bicyclic) bond motifs is 1. The van der Waals surface area contributed by atoms with Crippen LogP contribution in [0.4, 0.5) is 19.2 Å². The molecule has 1 amide bonds. The summed E-state index contributed by atoms with van der Waals surface area (Å²) in [5.74, 6) is -0.113. The van der Waals surface area contributed by atoms with Crippen molar-refractivity contribution in [1.82, 2.24) is 9.88 Å². The van der Waals surface area contributed by atoms with E-state index in [1.807, 2.05) is 4.90 Å². The van der Waals surface area contributed by atoms with Gasteiger partial charge in [-0.3, -0.25) is 4.79 Å². The van der Waals surface area contributed by atoms with Gasteiger partial charge < -0.3 is 24.1 Å². The van der Waals surface area contributed by atoms with Gasteiger partial charge in [0.05, 0.1) is 5.56 Å². The van der Waals surface area contributed by atoms with Gasteiger partial charge in [-0.1, -0.05) is 12.1 Å². The molecular weight excluding hydrogens is 415 g/mol. The van der Waals surface area contributed by atoms with Crippen LogP contribution in [0.15, 0.2) is 28.7 Å². The van der Waals surface area contributed by atoms with E-state index >= 15 is 0 Å². The number of hydrogen-bond acceptors (Lipinski definition) is 6. The second kappa shape index (κ2) is 7.44. The minimum atomic E-state index is -4.87. The lowest BCUT2D eigenvalue weighted by molar-refractivity contribution is -0.274. The molecule has 1 aromatic heterocycles. The highest BCUT2D eigenvalue weighted by Crippen LogP contribution is 2.37. The Kier molecular flexibility index (Phi) is 5.15. The number of halogens is 3. The number of benzene rings is 1. The Morgan fingerprint density at radius 3 is 2.32 bits per heavy atom. The quantitative estimate of drug-likeness (QED) is 0.788. The zero-order chi connectivity index (χ0) is 22.6. The Bertz CT molecular complexity index is 969. The number of nitrogens with zero attached hydrogens (tertiary/aromatic N) is 3. The van der Waals surface area contributed by atoms with Gasteiger partial charge in [0.25, 0.3) is 11.9 Å². The van der Waals surface area contributed by atoms with Crippen LogP contribution in [0.5, 0.6) is 5.75 Å². The molecule has 168 valence electrons. The standard InChI is InChI=1S/C21H24F3N3O4/c1-12-17(20(2,3)29)25-19(30-12)27-10-13-8-26(9-14(13)11-27)18(28)15-6-4-5-7-16(15)31-21(22,23)24/h4-7,13-14,29H,8-11H2,1-3H3. The van der Waals surface area contributed by atoms with Crippen LogP contribution >= 0.6 is 0 Å². The summed E-state index contributed by atoms with van der Waals surface area (Å²) in [6.07, 6.45) is -4.87. The van der Waals surface area contributed by atoms with Crippen molar-refractivity contribution in [3.05, 3.63) is 41.3 Å². The SMILES string of the molecule is Cc1oc(N2CC3CN(C(=O)c4ccccc4OC(F)(F)F)CC3C2)nc1C(C)(C)O. The summed E-state index contributed by atoms with van der Waals surface area (Å²) in [6.45, 7) is 7.12. The number of aromatic nitrogens is 1. The van der Waals surface area contributed by atoms with Crippen molar-refractivity contribution in [2.24, 2.45) is 11.8 Å². The maximum Gasteiger partial charge on any atom is 0.573 e. The number of rotatable bonds is 4. The van der Waals surface area contributed by atoms with E-state index in [9.17, 15) is 23.1 Å². The summed E-state index contributed by atoms with van der Waals surface area (Å²) >= 11 is 0. The fraction of sp³-hybridized carbons (Fsp3) is 0.524. The second-order valence-corrected chi connectivity index (χ2v) is 8.64. The van der Waals surface area contributed by atoms with Crippen LogP contribution in [0.3, 0.4) is 0 Å². The van der Waals surface area contributed by atoms with E-state index in [1.165, 1.54) is 18.2 Å². The molecule has 0 spiro atoms. The predicted octanol–water partition coefficient (Wildman–Crippen LogP) is 3.32. The number of anilines is 1. The van der Waals surface area contributed by atoms with Gasteiger partial charge in [0.15, 0.2) is 0 Å². The number of aryl methyl sites for hydroxylation is 1. The first kappa shape index (κ1) is 21.5. The Hall–Kier alpha value is -2.75. The number of amides is 1. The van der Waals surface area contributed by atoms with Crippen LogP contribution in [-0.2, 0) is 5.60 Å². The highest BCUT2D eigenvalue weighted by Gasteiger charge is 2.44. The van der Waals surface area contributed by atoms with Crippen LogP contribution in [0.2, 0.25) is 0 Å². The third-order valence-electron chi connectivity index (χ3n) is 5.75. The highest BCUT2D eigenvalue weighted by molar-refractivity contribution is 5.97. The monoisotopic (exact) mass is 439 g/mol. The van der Waals surface area contributed by atoms with Crippen LogP contribution in [0, 0.1) is 18.8 Å². The van der Waals surface area contributed by atoms with Gasteiger partial charge in [0, 0.05) is 38.0 Å². The first-order valence-corrected chi connectivity index (χ1v) is 10.0. The lowest BCUT2D eigenvalue weighted by Crippen LogP contribution is -2.34. The molecule has 0 bridgehead atoms. The van der Waals surface area contributed by atoms with Crippen molar-refractivity contribution in [2.75, 3.05) is 31.1 Å². The Balaban J connectivity index is 1.44. The van der Waals surface area contributed by atoms with Crippen molar-refractivity contribution >= 4 is 11.9 Å². The van der Waals surface area contributed by atoms with E-state index < -0.39 is 23.6 Å². The number of likely N-dealkylation sites (tertiary alicyclic amines) is 1. The number of aliphatic hydroxyl groups is 1. The summed E-state index contributed by atoms with van der Waals surface area (Å²) in [5, 5.41) is 10.2. The predicted molar refractivity (Wildman–Crippen MR) is 105 cm³/mol. The fourth-order valence-corrected chi connectivity index (χ4v) is 4.43. The number of para-hydroxylation sites is 1. The molecule has 3 heterocycles. The first-order chi connectivity index (χ1) is 14.4. The van der Waals surface area contributed by atoms with E-state index in [4.69, 9.17) is 4.42 Å². The topological polar surface area (TPSA) is 79.0 Å². The highest BCUT2D eigenvalue weighted by atomic mass is 19.4. The van der Waals surface area contributed by atoms with Crippen molar-refractivity contribution < 1.29 is 32.2 Å². The zero-order valence-corrected chi connectivity index (χ0v) is 17.4. The van der Waals surface area contributed by atoms with Gasteiger partial charge in [-0.25, -0.2) is 0 Å². The van der Waals surface area contributed by atoms with Gasteiger partial charge >= 0.3 is 6.36 Å². The number of alkyl halides is 3. The molecule has 0 aliphatic carbocycles. The van der Waals surface area contributed by atoms with Crippen molar-refractivity contribution in [1.29, 1.82) is 0 Å². The molecule has 1 N–H and O–H groups in total. The molecule has 4 rings (SSSR count). The van der Waals surface area contributed by atoms with E-state index in [1.54, 1.807) is 25.7 Å². The molecule has 0 radical (unpaired) electrons. The summed E-state index contributed by atoms with van der Waals surface area (Å²) in [6, 6.07) is 5.84. The number of ether oxygens (including phenoxy) is 1. The number of carbonyl (C=O) groups is 1. The molecule has 2 saturated heterocycles. The van der Waals surface area contributed by atoms with Gasteiger partial charge in [0.2, 0.25) is 0 Å². The lowest BCUT2D eigenvalue weighted by Gasteiger charge is -2.22. The maximum absolute atomic E-state index is 12.9. The van der Waals surface area contributed by atoms with E-state index in [2.05, 4.69) is 9.72 Å². The minimum Gasteiger partial charge on any atom is -0.429 e. The Labute approximate surface area is 177 Å². The molecule has 2 unspecified atom stereocenters. The molecule has 10 heteroatoms. The van der Waals surface area contributed by atoms with Gasteiger partial charge in [-0.15, -0.1) is 13.2 Å². The maximum atomic E-state index is 12.9. The average Bonchev–Trinajstić information content (AvgIpc) is 3.32. The molecule has 0 saturated carbocycles. The van der Waals surface area contributed by atoms with Crippen LogP contribution in [-0.4, -0.2) is 53.4 Å². The summed E-state index contributed by atoms with van der Waals surface area (Å²) in [4.78, 5) is 20.9. The van der Waals surface area contributed by atoms with Gasteiger partial charge in [-0.05, 0) is 32.9 Å². The largest absolute Gasteiger partial charge is 0.573 e.